The summed E-state index contributed by atoms with van der Waals surface area (Å²) >= 11 is 7.76. The number of benzene rings is 3. The first-order valence-electron chi connectivity index (χ1n) is 11.4. The van der Waals surface area contributed by atoms with Crippen LogP contribution in [0.2, 0.25) is 5.02 Å². The number of urea groups is 1. The Labute approximate surface area is 214 Å². The molecule has 35 heavy (non-hydrogen) atoms. The first-order chi connectivity index (χ1) is 16.9. The van der Waals surface area contributed by atoms with Crippen molar-refractivity contribution >= 4 is 58.6 Å². The van der Waals surface area contributed by atoms with Gasteiger partial charge in [0.1, 0.15) is 12.3 Å². The second kappa shape index (κ2) is 11.4. The summed E-state index contributed by atoms with van der Waals surface area (Å²) in [5.74, 6) is -0.329. The Balaban J connectivity index is 1.50. The monoisotopic (exact) mass is 507 g/mol. The number of halogens is 1. The van der Waals surface area contributed by atoms with E-state index in [-0.39, 0.29) is 5.91 Å². The van der Waals surface area contributed by atoms with Gasteiger partial charge in [-0.15, -0.1) is 0 Å². The molecule has 0 fully saturated rings. The van der Waals surface area contributed by atoms with Gasteiger partial charge in [0.05, 0.1) is 0 Å². The molecule has 8 heteroatoms. The van der Waals surface area contributed by atoms with E-state index in [1.54, 1.807) is 24.3 Å². The molecule has 1 unspecified atom stereocenters. The van der Waals surface area contributed by atoms with Crippen molar-refractivity contribution in [1.29, 1.82) is 0 Å². The van der Waals surface area contributed by atoms with E-state index in [0.29, 0.717) is 27.3 Å². The van der Waals surface area contributed by atoms with Gasteiger partial charge in [0.15, 0.2) is 0 Å². The quantitative estimate of drug-likeness (QED) is 0.326. The highest BCUT2D eigenvalue weighted by Gasteiger charge is 2.29. The number of nitrogens with zero attached hydrogens (tertiary/aromatic N) is 1. The summed E-state index contributed by atoms with van der Waals surface area (Å²) in [5.41, 5.74) is 4.15. The maximum atomic E-state index is 13.3. The molecular weight excluding hydrogens is 480 g/mol. The summed E-state index contributed by atoms with van der Waals surface area (Å²) in [6.45, 7) is 2.04. The molecule has 1 aliphatic heterocycles. The van der Waals surface area contributed by atoms with Crippen molar-refractivity contribution in [3.05, 3.63) is 88.9 Å². The Bertz CT molecular complexity index is 1230. The largest absolute Gasteiger partial charge is 0.324 e. The molecule has 0 saturated carbocycles. The molecule has 0 saturated heterocycles. The lowest BCUT2D eigenvalue weighted by Gasteiger charge is -2.20. The number of hydrogen-bond acceptors (Lipinski definition) is 3. The van der Waals surface area contributed by atoms with Crippen molar-refractivity contribution < 1.29 is 14.2 Å². The number of anilines is 2. The summed E-state index contributed by atoms with van der Waals surface area (Å²) in [4.78, 5) is 26.0. The lowest BCUT2D eigenvalue weighted by Crippen LogP contribution is -2.39. The molecule has 0 spiro atoms. The minimum atomic E-state index is -0.878. The average molecular weight is 508 g/mol. The van der Waals surface area contributed by atoms with Gasteiger partial charge in [-0.1, -0.05) is 53.7 Å². The molecule has 3 N–H and O–H groups in total. The first-order valence-corrected chi connectivity index (χ1v) is 13.0. The number of nitrogens with one attached hydrogen (secondary N) is 3. The van der Waals surface area contributed by atoms with Gasteiger partial charge in [0, 0.05) is 40.9 Å². The molecule has 3 amide bonds. The summed E-state index contributed by atoms with van der Waals surface area (Å²) in [6.07, 6.45) is 6.55. The van der Waals surface area contributed by atoms with E-state index in [9.17, 15) is 9.59 Å². The summed E-state index contributed by atoms with van der Waals surface area (Å²) in [5, 5.41) is 9.51. The Morgan fingerprint density at radius 1 is 1.00 bits per heavy atom. The second-order valence-corrected chi connectivity index (χ2v) is 9.75. The van der Waals surface area contributed by atoms with Crippen molar-refractivity contribution in [3.8, 4) is 0 Å². The van der Waals surface area contributed by atoms with Crippen molar-refractivity contribution in [2.45, 2.75) is 31.2 Å². The molecule has 180 valence electrons. The van der Waals surface area contributed by atoms with Crippen molar-refractivity contribution in [3.63, 3.8) is 0 Å². The minimum Gasteiger partial charge on any atom is -0.324 e. The first kappa shape index (κ1) is 24.8. The van der Waals surface area contributed by atoms with Crippen LogP contribution in [0.15, 0.2) is 72.8 Å². The lowest BCUT2D eigenvalue weighted by atomic mass is 10.1. The fourth-order valence-electron chi connectivity index (χ4n) is 4.11. The highest BCUT2D eigenvalue weighted by molar-refractivity contribution is 7.99. The van der Waals surface area contributed by atoms with Crippen LogP contribution in [0.25, 0.3) is 0 Å². The molecule has 0 radical (unpaired) electrons. The van der Waals surface area contributed by atoms with Crippen LogP contribution < -0.4 is 16.0 Å². The predicted molar refractivity (Wildman–Crippen MR) is 145 cm³/mol. The van der Waals surface area contributed by atoms with Gasteiger partial charge in [-0.2, -0.15) is 4.58 Å². The molecule has 4 rings (SSSR count). The van der Waals surface area contributed by atoms with Gasteiger partial charge in [0.2, 0.25) is 11.1 Å². The molecule has 3 aromatic rings. The number of carbonyl (C=O) groups is 2. The van der Waals surface area contributed by atoms with Crippen LogP contribution >= 0.6 is 23.4 Å². The lowest BCUT2D eigenvalue weighted by molar-refractivity contribution is -0.443. The zero-order chi connectivity index (χ0) is 24.8. The molecule has 0 aliphatic carbocycles. The maximum Gasteiger partial charge on any atom is 0.320 e. The van der Waals surface area contributed by atoms with Crippen LogP contribution in [0, 0.1) is 6.92 Å². The number of hydrogen-bond donors (Lipinski definition) is 3. The number of rotatable bonds is 7. The number of carbonyl (C=O) groups excluding carboxylic acids is 2. The van der Waals surface area contributed by atoms with Gasteiger partial charge < -0.3 is 16.0 Å². The molecular formula is C27H28ClN4O2S+. The van der Waals surface area contributed by atoms with Gasteiger partial charge in [0.25, 0.3) is 5.91 Å². The SMILES string of the molecule is CS[C@@H]1CCC=[N+]1c1ccc(NC(=O)C(NC(=O)Nc2ccc(Cl)cc2)c2ccccc2)cc1C. The van der Waals surface area contributed by atoms with Crippen LogP contribution in [0.3, 0.4) is 0 Å². The van der Waals surface area contributed by atoms with E-state index in [2.05, 4.69) is 33.0 Å². The zero-order valence-corrected chi connectivity index (χ0v) is 21.2. The van der Waals surface area contributed by atoms with Crippen LogP contribution in [-0.4, -0.2) is 34.4 Å². The summed E-state index contributed by atoms with van der Waals surface area (Å²) in [6, 6.07) is 20.5. The molecule has 2 atom stereocenters. The second-order valence-electron chi connectivity index (χ2n) is 8.30. The van der Waals surface area contributed by atoms with Crippen LogP contribution in [-0.2, 0) is 4.79 Å². The standard InChI is InChI=1S/C27H27ClN4O2S/c1-18-17-22(14-15-23(18)32-16-6-9-24(32)35-2)29-26(33)25(19-7-4-3-5-8-19)31-27(34)30-21-12-10-20(28)11-13-21/h3-5,7-8,10-17,24-25H,6,9H2,1-2H3,(H2-,29,30,31,33,34)/p+1/t24-,25?/m1/s1. The van der Waals surface area contributed by atoms with Crippen LogP contribution in [0.1, 0.15) is 30.0 Å². The van der Waals surface area contributed by atoms with Crippen molar-refractivity contribution in [1.82, 2.24) is 5.32 Å². The minimum absolute atomic E-state index is 0.329. The molecule has 6 nitrogen and oxygen atoms in total. The third-order valence-corrected chi connectivity index (χ3v) is 7.10. The molecule has 1 aliphatic rings. The third-order valence-electron chi connectivity index (χ3n) is 5.84. The highest BCUT2D eigenvalue weighted by Crippen LogP contribution is 2.31. The molecule has 1 heterocycles. The van der Waals surface area contributed by atoms with E-state index in [0.717, 1.165) is 24.1 Å². The number of aryl methyl sites for hydroxylation is 1. The van der Waals surface area contributed by atoms with E-state index >= 15 is 0 Å². The molecule has 0 aromatic heterocycles. The molecule has 3 aromatic carbocycles. The van der Waals surface area contributed by atoms with E-state index in [4.69, 9.17) is 11.6 Å². The van der Waals surface area contributed by atoms with E-state index in [1.807, 2.05) is 67.2 Å². The molecule has 0 bridgehead atoms. The predicted octanol–water partition coefficient (Wildman–Crippen LogP) is 6.35. The Hall–Kier alpha value is -3.29. The van der Waals surface area contributed by atoms with E-state index in [1.165, 1.54) is 0 Å². The van der Waals surface area contributed by atoms with Crippen LogP contribution in [0.5, 0.6) is 0 Å². The Morgan fingerprint density at radius 3 is 2.40 bits per heavy atom. The van der Waals surface area contributed by atoms with Gasteiger partial charge in [-0.3, -0.25) is 4.79 Å². The van der Waals surface area contributed by atoms with Crippen molar-refractivity contribution in [2.24, 2.45) is 0 Å². The van der Waals surface area contributed by atoms with Crippen molar-refractivity contribution in [2.75, 3.05) is 16.9 Å². The zero-order valence-electron chi connectivity index (χ0n) is 19.6. The number of thioether (sulfide) groups is 1. The maximum absolute atomic E-state index is 13.3. The topological polar surface area (TPSA) is 73.2 Å². The Kier molecular flexibility index (Phi) is 8.10. The van der Waals surface area contributed by atoms with Crippen LogP contribution in [0.4, 0.5) is 21.9 Å². The highest BCUT2D eigenvalue weighted by atomic mass is 35.5. The van der Waals surface area contributed by atoms with Gasteiger partial charge >= 0.3 is 6.03 Å². The number of amides is 3. The van der Waals surface area contributed by atoms with Gasteiger partial charge in [-0.25, -0.2) is 4.79 Å². The summed E-state index contributed by atoms with van der Waals surface area (Å²) in [7, 11) is 0. The average Bonchev–Trinajstić information content (AvgIpc) is 3.33. The van der Waals surface area contributed by atoms with E-state index < -0.39 is 12.1 Å². The smallest absolute Gasteiger partial charge is 0.320 e. The Morgan fingerprint density at radius 2 is 1.71 bits per heavy atom. The normalized spacial score (nSPS) is 15.7. The third kappa shape index (κ3) is 6.24. The fourth-order valence-corrected chi connectivity index (χ4v) is 5.04. The fraction of sp³-hybridized carbons (Fsp3) is 0.222. The summed E-state index contributed by atoms with van der Waals surface area (Å²) < 4.78 is 2.31. The van der Waals surface area contributed by atoms with Gasteiger partial charge in [-0.05, 0) is 55.1 Å².